The van der Waals surface area contributed by atoms with Gasteiger partial charge in [0.2, 0.25) is 5.67 Å². The third kappa shape index (κ3) is 4.96. The van der Waals surface area contributed by atoms with Crippen LogP contribution in [0.25, 0.3) is 0 Å². The topological polar surface area (TPSA) is 103 Å². The molecule has 0 bridgehead atoms. The number of carbonyl (C=O) groups excluding carboxylic acids is 2. The van der Waals surface area contributed by atoms with Crippen LogP contribution in [0.5, 0.6) is 17.2 Å². The van der Waals surface area contributed by atoms with E-state index in [4.69, 9.17) is 14.2 Å². The van der Waals surface area contributed by atoms with Crippen molar-refractivity contribution in [3.63, 3.8) is 0 Å². The molecule has 1 N–H and O–H groups in total. The second kappa shape index (κ2) is 9.64. The van der Waals surface area contributed by atoms with E-state index < -0.39 is 23.5 Å². The second-order valence-corrected chi connectivity index (χ2v) is 8.25. The number of alkyl halides is 1. The predicted molar refractivity (Wildman–Crippen MR) is 127 cm³/mol. The smallest absolute Gasteiger partial charge is 0.270 e. The SMILES string of the molecule is CN1C(=O)[C@@H](NC(=O)c2cc(Oc3ccccc3)ccn2)COc2ccc(C#CC3(F)COC3)nc21. The highest BCUT2D eigenvalue weighted by Gasteiger charge is 2.37. The van der Waals surface area contributed by atoms with Crippen LogP contribution in [0.1, 0.15) is 16.2 Å². The van der Waals surface area contributed by atoms with Crippen LogP contribution in [0.4, 0.5) is 10.2 Å². The molecule has 2 aliphatic heterocycles. The van der Waals surface area contributed by atoms with Gasteiger partial charge in [0.15, 0.2) is 11.6 Å². The Morgan fingerprint density at radius 1 is 1.19 bits per heavy atom. The molecule has 182 valence electrons. The molecule has 0 spiro atoms. The minimum atomic E-state index is -1.68. The molecule has 1 fully saturated rings. The number of anilines is 1. The van der Waals surface area contributed by atoms with Crippen LogP contribution in [0, 0.1) is 11.8 Å². The zero-order valence-corrected chi connectivity index (χ0v) is 19.2. The number of nitrogens with zero attached hydrogens (tertiary/aromatic N) is 3. The number of rotatable bonds is 4. The van der Waals surface area contributed by atoms with E-state index in [9.17, 15) is 14.0 Å². The Hall–Kier alpha value is -4.49. The lowest BCUT2D eigenvalue weighted by Crippen LogP contribution is -2.49. The number of aromatic nitrogens is 2. The number of para-hydroxylation sites is 1. The number of fused-ring (bicyclic) bond motifs is 1. The second-order valence-electron chi connectivity index (χ2n) is 8.25. The van der Waals surface area contributed by atoms with Gasteiger partial charge in [0, 0.05) is 19.3 Å². The Labute approximate surface area is 206 Å². The highest BCUT2D eigenvalue weighted by atomic mass is 19.1. The van der Waals surface area contributed by atoms with Crippen molar-refractivity contribution < 1.29 is 28.2 Å². The molecule has 0 radical (unpaired) electrons. The number of hydrogen-bond acceptors (Lipinski definition) is 7. The third-order valence-corrected chi connectivity index (χ3v) is 5.52. The maximum Gasteiger partial charge on any atom is 0.270 e. The van der Waals surface area contributed by atoms with E-state index in [2.05, 4.69) is 27.1 Å². The number of ether oxygens (including phenoxy) is 3. The van der Waals surface area contributed by atoms with Crippen LogP contribution in [0.15, 0.2) is 60.8 Å². The third-order valence-electron chi connectivity index (χ3n) is 5.52. The summed E-state index contributed by atoms with van der Waals surface area (Å²) in [5, 5.41) is 2.66. The van der Waals surface area contributed by atoms with E-state index in [-0.39, 0.29) is 37.0 Å². The van der Waals surface area contributed by atoms with E-state index in [0.717, 1.165) is 0 Å². The molecular formula is C26H21FN4O5. The Morgan fingerprint density at radius 3 is 2.75 bits per heavy atom. The largest absolute Gasteiger partial charge is 0.487 e. The number of amides is 2. The highest BCUT2D eigenvalue weighted by Crippen LogP contribution is 2.29. The molecule has 2 amide bonds. The summed E-state index contributed by atoms with van der Waals surface area (Å²) in [6.45, 7) is -0.270. The van der Waals surface area contributed by atoms with Crippen LogP contribution in [0.2, 0.25) is 0 Å². The van der Waals surface area contributed by atoms with Gasteiger partial charge in [-0.05, 0) is 36.3 Å². The van der Waals surface area contributed by atoms with Gasteiger partial charge in [0.05, 0.1) is 13.2 Å². The molecule has 36 heavy (non-hydrogen) atoms. The van der Waals surface area contributed by atoms with Gasteiger partial charge in [-0.15, -0.1) is 0 Å². The molecule has 0 saturated carbocycles. The first-order valence-electron chi connectivity index (χ1n) is 11.1. The minimum absolute atomic E-state index is 0.0794. The van der Waals surface area contributed by atoms with Crippen LogP contribution >= 0.6 is 0 Å². The average molecular weight is 488 g/mol. The molecule has 9 nitrogen and oxygen atoms in total. The number of halogens is 1. The first kappa shape index (κ1) is 23.3. The van der Waals surface area contributed by atoms with Crippen LogP contribution < -0.4 is 19.7 Å². The quantitative estimate of drug-likeness (QED) is 0.563. The molecule has 10 heteroatoms. The van der Waals surface area contributed by atoms with Gasteiger partial charge in [-0.2, -0.15) is 0 Å². The van der Waals surface area contributed by atoms with Gasteiger partial charge in [-0.25, -0.2) is 9.37 Å². The number of nitrogens with one attached hydrogen (secondary N) is 1. The van der Waals surface area contributed by atoms with Crippen LogP contribution in [-0.2, 0) is 9.53 Å². The molecule has 4 heterocycles. The Morgan fingerprint density at radius 2 is 2.00 bits per heavy atom. The number of carbonyl (C=O) groups is 2. The molecule has 5 rings (SSSR count). The van der Waals surface area contributed by atoms with E-state index in [1.54, 1.807) is 30.3 Å². The predicted octanol–water partition coefficient (Wildman–Crippen LogP) is 2.51. The lowest BCUT2D eigenvalue weighted by molar-refractivity contribution is -0.120. The van der Waals surface area contributed by atoms with Crippen molar-refractivity contribution in [3.05, 3.63) is 72.2 Å². The molecule has 3 aromatic rings. The van der Waals surface area contributed by atoms with Gasteiger partial charge in [0.25, 0.3) is 11.8 Å². The number of benzene rings is 1. The summed E-state index contributed by atoms with van der Waals surface area (Å²) in [4.78, 5) is 35.7. The standard InChI is InChI=1S/C26H21FN4O5/c1-31-23-22(8-7-17(29-23)9-11-26(27)15-34-16-26)35-14-21(25(31)33)30-24(32)20-13-19(10-12-28-20)36-18-5-3-2-4-6-18/h2-8,10,12-13,21H,14-16H2,1H3,(H,30,32)/t21-/m0/s1. The molecular weight excluding hydrogens is 467 g/mol. The van der Waals surface area contributed by atoms with Crippen molar-refractivity contribution in [2.45, 2.75) is 11.7 Å². The van der Waals surface area contributed by atoms with Gasteiger partial charge in [0.1, 0.15) is 35.5 Å². The zero-order chi connectivity index (χ0) is 25.1. The van der Waals surface area contributed by atoms with Crippen molar-refractivity contribution in [2.75, 3.05) is 31.8 Å². The van der Waals surface area contributed by atoms with Crippen molar-refractivity contribution in [1.82, 2.24) is 15.3 Å². The van der Waals surface area contributed by atoms with Crippen molar-refractivity contribution in [2.24, 2.45) is 0 Å². The summed E-state index contributed by atoms with van der Waals surface area (Å²) in [6, 6.07) is 14.4. The summed E-state index contributed by atoms with van der Waals surface area (Å²) in [5.74, 6) is 5.79. The lowest BCUT2D eigenvalue weighted by atomic mass is 10.1. The Balaban J connectivity index is 1.29. The van der Waals surface area contributed by atoms with E-state index in [0.29, 0.717) is 17.2 Å². The molecule has 1 saturated heterocycles. The summed E-state index contributed by atoms with van der Waals surface area (Å²) in [6.07, 6.45) is 1.45. The number of pyridine rings is 2. The highest BCUT2D eigenvalue weighted by molar-refractivity contribution is 6.02. The van der Waals surface area contributed by atoms with Crippen molar-refractivity contribution in [3.8, 4) is 29.1 Å². The first-order chi connectivity index (χ1) is 17.4. The van der Waals surface area contributed by atoms with Crippen molar-refractivity contribution in [1.29, 1.82) is 0 Å². The fraction of sp³-hybridized carbons (Fsp3) is 0.231. The van der Waals surface area contributed by atoms with Gasteiger partial charge < -0.3 is 19.5 Å². The fourth-order valence-corrected chi connectivity index (χ4v) is 3.53. The summed E-state index contributed by atoms with van der Waals surface area (Å²) in [5.41, 5.74) is -1.32. The Bertz CT molecular complexity index is 1370. The number of hydrogen-bond donors (Lipinski definition) is 1. The van der Waals surface area contributed by atoms with Gasteiger partial charge >= 0.3 is 0 Å². The fourth-order valence-electron chi connectivity index (χ4n) is 3.53. The van der Waals surface area contributed by atoms with Gasteiger partial charge in [-0.3, -0.25) is 19.5 Å². The molecule has 0 unspecified atom stereocenters. The van der Waals surface area contributed by atoms with Crippen LogP contribution in [-0.4, -0.2) is 60.4 Å². The number of likely N-dealkylation sites (N-methyl/N-ethyl adjacent to an activating group) is 1. The summed E-state index contributed by atoms with van der Waals surface area (Å²) >= 11 is 0. The molecule has 1 atom stereocenters. The monoisotopic (exact) mass is 488 g/mol. The zero-order valence-electron chi connectivity index (χ0n) is 19.2. The average Bonchev–Trinajstić information content (AvgIpc) is 2.99. The summed E-state index contributed by atoms with van der Waals surface area (Å²) < 4.78 is 30.5. The van der Waals surface area contributed by atoms with E-state index in [1.165, 1.54) is 24.2 Å². The maximum absolute atomic E-state index is 14.1. The maximum atomic E-state index is 14.1. The normalized spacial score (nSPS) is 17.9. The summed E-state index contributed by atoms with van der Waals surface area (Å²) in [7, 11) is 1.52. The minimum Gasteiger partial charge on any atom is -0.487 e. The lowest BCUT2D eigenvalue weighted by Gasteiger charge is -2.28. The van der Waals surface area contributed by atoms with Crippen LogP contribution in [0.3, 0.4) is 0 Å². The van der Waals surface area contributed by atoms with E-state index in [1.807, 2.05) is 18.2 Å². The molecule has 0 aliphatic carbocycles. The van der Waals surface area contributed by atoms with E-state index >= 15 is 0 Å². The molecule has 1 aromatic carbocycles. The first-order valence-corrected chi connectivity index (χ1v) is 11.1. The van der Waals surface area contributed by atoms with Crippen molar-refractivity contribution >= 4 is 17.6 Å². The Kier molecular flexibility index (Phi) is 6.23. The molecule has 2 aromatic heterocycles. The van der Waals surface area contributed by atoms with Gasteiger partial charge in [-0.1, -0.05) is 24.1 Å². The molecule has 2 aliphatic rings.